The molecule has 0 saturated heterocycles. The molecule has 0 saturated carbocycles. The van der Waals surface area contributed by atoms with Crippen molar-refractivity contribution >= 4 is 16.7 Å². The van der Waals surface area contributed by atoms with Gasteiger partial charge in [0.2, 0.25) is 0 Å². The van der Waals surface area contributed by atoms with E-state index in [0.29, 0.717) is 11.4 Å². The maximum Gasteiger partial charge on any atom is 0.266 e. The summed E-state index contributed by atoms with van der Waals surface area (Å²) in [6.07, 6.45) is 2.89. The van der Waals surface area contributed by atoms with Crippen LogP contribution in [0, 0.1) is 0 Å². The van der Waals surface area contributed by atoms with E-state index in [1.165, 1.54) is 28.1 Å². The van der Waals surface area contributed by atoms with Crippen LogP contribution in [-0.4, -0.2) is 37.0 Å². The second-order valence-corrected chi connectivity index (χ2v) is 5.88. The average molecular weight is 360 g/mol. The van der Waals surface area contributed by atoms with Gasteiger partial charge in [-0.2, -0.15) is 5.10 Å². The maximum atomic E-state index is 12.5. The Labute approximate surface area is 154 Å². The van der Waals surface area contributed by atoms with Crippen LogP contribution in [0.25, 0.3) is 16.6 Å². The lowest BCUT2D eigenvalue weighted by Crippen LogP contribution is -2.32. The van der Waals surface area contributed by atoms with Gasteiger partial charge in [-0.15, -0.1) is 5.10 Å². The highest BCUT2D eigenvalue weighted by molar-refractivity contribution is 6.06. The lowest BCUT2D eigenvalue weighted by Gasteiger charge is -2.09. The number of amides is 1. The molecule has 134 valence electrons. The largest absolute Gasteiger partial charge is 0.350 e. The van der Waals surface area contributed by atoms with Crippen LogP contribution < -0.4 is 10.9 Å². The first kappa shape index (κ1) is 16.6. The summed E-state index contributed by atoms with van der Waals surface area (Å²) in [4.78, 5) is 28.4. The van der Waals surface area contributed by atoms with Gasteiger partial charge in [-0.1, -0.05) is 36.4 Å². The zero-order valence-corrected chi connectivity index (χ0v) is 14.3. The van der Waals surface area contributed by atoms with Crippen molar-refractivity contribution < 1.29 is 4.79 Å². The van der Waals surface area contributed by atoms with E-state index < -0.39 is 0 Å². The molecule has 2 aromatic heterocycles. The van der Waals surface area contributed by atoms with Crippen LogP contribution >= 0.6 is 0 Å². The number of carbonyl (C=O) groups excluding carboxylic acids is 1. The molecule has 1 amide bonds. The van der Waals surface area contributed by atoms with E-state index in [4.69, 9.17) is 0 Å². The summed E-state index contributed by atoms with van der Waals surface area (Å²) in [5.41, 5.74) is 0.350. The molecule has 4 aromatic rings. The fourth-order valence-corrected chi connectivity index (χ4v) is 2.84. The fourth-order valence-electron chi connectivity index (χ4n) is 2.84. The number of fused-ring (bicyclic) bond motifs is 1. The summed E-state index contributed by atoms with van der Waals surface area (Å²) in [6.45, 7) is 0.521. The first-order chi connectivity index (χ1) is 13.2. The first-order valence-corrected chi connectivity index (χ1v) is 8.41. The minimum Gasteiger partial charge on any atom is -0.350 e. The molecule has 0 aliphatic heterocycles. The number of rotatable bonds is 5. The molecule has 1 N–H and O–H groups in total. The summed E-state index contributed by atoms with van der Waals surface area (Å²) in [7, 11) is 0. The molecule has 0 spiro atoms. The van der Waals surface area contributed by atoms with Crippen molar-refractivity contribution in [2.24, 2.45) is 0 Å². The third-order valence-electron chi connectivity index (χ3n) is 4.15. The highest BCUT2D eigenvalue weighted by Gasteiger charge is 2.09. The molecule has 2 aromatic carbocycles. The minimum atomic E-state index is -0.252. The Morgan fingerprint density at radius 2 is 1.89 bits per heavy atom. The van der Waals surface area contributed by atoms with Gasteiger partial charge in [0, 0.05) is 18.2 Å². The van der Waals surface area contributed by atoms with Crippen molar-refractivity contribution in [1.82, 2.24) is 29.9 Å². The molecule has 4 rings (SSSR count). The molecule has 0 fully saturated rings. The van der Waals surface area contributed by atoms with Crippen molar-refractivity contribution in [2.45, 2.75) is 6.54 Å². The molecule has 8 nitrogen and oxygen atoms in total. The zero-order valence-electron chi connectivity index (χ0n) is 14.3. The Morgan fingerprint density at radius 3 is 2.74 bits per heavy atom. The molecule has 8 heteroatoms. The number of nitrogens with one attached hydrogen (secondary N) is 1. The van der Waals surface area contributed by atoms with Gasteiger partial charge in [-0.05, 0) is 22.9 Å². The highest BCUT2D eigenvalue weighted by atomic mass is 16.2. The fraction of sp³-hybridized carbons (Fsp3) is 0.105. The lowest BCUT2D eigenvalue weighted by molar-refractivity contribution is 0.0953. The normalized spacial score (nSPS) is 10.8. The number of aromatic nitrogens is 5. The van der Waals surface area contributed by atoms with Crippen molar-refractivity contribution in [3.63, 3.8) is 0 Å². The number of nitrogens with zero attached hydrogens (tertiary/aromatic N) is 5. The molecule has 0 atom stereocenters. The Kier molecular flexibility index (Phi) is 4.44. The summed E-state index contributed by atoms with van der Waals surface area (Å²) < 4.78 is 2.75. The van der Waals surface area contributed by atoms with Gasteiger partial charge in [0.05, 0.1) is 6.54 Å². The van der Waals surface area contributed by atoms with E-state index in [2.05, 4.69) is 20.5 Å². The standard InChI is InChI=1S/C19H16N6O2/c26-18-9-8-17(25-13-20-12-22-25)23-24(18)11-10-21-19(27)16-7-3-5-14-4-1-2-6-15(14)16/h1-9,12-13H,10-11H2,(H,21,27). The van der Waals surface area contributed by atoms with Gasteiger partial charge in [0.1, 0.15) is 12.7 Å². The van der Waals surface area contributed by atoms with Gasteiger partial charge in [-0.25, -0.2) is 14.3 Å². The molecular weight excluding hydrogens is 344 g/mol. The van der Waals surface area contributed by atoms with Crippen LogP contribution in [0.2, 0.25) is 0 Å². The predicted octanol–water partition coefficient (Wildman–Crippen LogP) is 1.41. The molecule has 0 unspecified atom stereocenters. The molecule has 0 aliphatic carbocycles. The van der Waals surface area contributed by atoms with Crippen LogP contribution in [-0.2, 0) is 6.54 Å². The number of benzene rings is 2. The summed E-state index contributed by atoms with van der Waals surface area (Å²) in [5, 5.41) is 13.0. The van der Waals surface area contributed by atoms with Crippen molar-refractivity contribution in [3.8, 4) is 5.82 Å². The first-order valence-electron chi connectivity index (χ1n) is 8.41. The van der Waals surface area contributed by atoms with E-state index in [0.717, 1.165) is 10.8 Å². The number of hydrogen-bond donors (Lipinski definition) is 1. The molecule has 0 bridgehead atoms. The van der Waals surface area contributed by atoms with Gasteiger partial charge >= 0.3 is 0 Å². The smallest absolute Gasteiger partial charge is 0.266 e. The van der Waals surface area contributed by atoms with Gasteiger partial charge < -0.3 is 5.32 Å². The summed E-state index contributed by atoms with van der Waals surface area (Å²) in [5.74, 6) is 0.291. The van der Waals surface area contributed by atoms with Crippen LogP contribution in [0.1, 0.15) is 10.4 Å². The monoisotopic (exact) mass is 360 g/mol. The van der Waals surface area contributed by atoms with Crippen molar-refractivity contribution in [1.29, 1.82) is 0 Å². The lowest BCUT2D eigenvalue weighted by atomic mass is 10.0. The van der Waals surface area contributed by atoms with Gasteiger partial charge in [0.25, 0.3) is 11.5 Å². The third-order valence-corrected chi connectivity index (χ3v) is 4.15. The maximum absolute atomic E-state index is 12.5. The Hall–Kier alpha value is -3.81. The Bertz CT molecular complexity index is 1150. The molecule has 27 heavy (non-hydrogen) atoms. The van der Waals surface area contributed by atoms with Crippen LogP contribution in [0.3, 0.4) is 0 Å². The number of carbonyl (C=O) groups is 1. The molecule has 0 radical (unpaired) electrons. The Balaban J connectivity index is 1.47. The van der Waals surface area contributed by atoms with Crippen molar-refractivity contribution in [2.75, 3.05) is 6.54 Å². The van der Waals surface area contributed by atoms with E-state index in [-0.39, 0.29) is 24.6 Å². The van der Waals surface area contributed by atoms with Crippen LogP contribution in [0.15, 0.2) is 72.0 Å². The topological polar surface area (TPSA) is 94.7 Å². The van der Waals surface area contributed by atoms with Gasteiger partial charge in [0.15, 0.2) is 5.82 Å². The SMILES string of the molecule is O=C(NCCn1nc(-n2cncn2)ccc1=O)c1cccc2ccccc12. The minimum absolute atomic E-state index is 0.188. The van der Waals surface area contributed by atoms with E-state index in [1.807, 2.05) is 36.4 Å². The predicted molar refractivity (Wildman–Crippen MR) is 99.7 cm³/mol. The Morgan fingerprint density at radius 1 is 1.04 bits per heavy atom. The highest BCUT2D eigenvalue weighted by Crippen LogP contribution is 2.18. The third kappa shape index (κ3) is 3.45. The van der Waals surface area contributed by atoms with E-state index >= 15 is 0 Å². The molecule has 2 heterocycles. The summed E-state index contributed by atoms with van der Waals surface area (Å²) >= 11 is 0. The van der Waals surface area contributed by atoms with Gasteiger partial charge in [-0.3, -0.25) is 9.59 Å². The van der Waals surface area contributed by atoms with E-state index in [1.54, 1.807) is 12.1 Å². The zero-order chi connectivity index (χ0) is 18.6. The number of hydrogen-bond acceptors (Lipinski definition) is 5. The van der Waals surface area contributed by atoms with Crippen LogP contribution in [0.4, 0.5) is 0 Å². The molecule has 0 aliphatic rings. The summed E-state index contributed by atoms with van der Waals surface area (Å²) in [6, 6.07) is 16.3. The quantitative estimate of drug-likeness (QED) is 0.581. The average Bonchev–Trinajstić information content (AvgIpc) is 3.23. The van der Waals surface area contributed by atoms with Crippen LogP contribution in [0.5, 0.6) is 0 Å². The van der Waals surface area contributed by atoms with E-state index in [9.17, 15) is 9.59 Å². The second kappa shape index (κ2) is 7.20. The molecular formula is C19H16N6O2. The second-order valence-electron chi connectivity index (χ2n) is 5.88. The van der Waals surface area contributed by atoms with Crippen molar-refractivity contribution in [3.05, 3.63) is 83.2 Å².